The molecular formula is C22H27N4O4+. The van der Waals surface area contributed by atoms with Crippen LogP contribution in [0.3, 0.4) is 0 Å². The van der Waals surface area contributed by atoms with E-state index in [1.54, 1.807) is 36.7 Å². The third-order valence-corrected chi connectivity index (χ3v) is 5.66. The minimum atomic E-state index is -0.988. The highest BCUT2D eigenvalue weighted by atomic mass is 16.4. The van der Waals surface area contributed by atoms with E-state index in [0.717, 1.165) is 28.7 Å². The van der Waals surface area contributed by atoms with E-state index in [0.29, 0.717) is 25.1 Å². The molecule has 1 aliphatic rings. The molecule has 7 N–H and O–H groups in total. The van der Waals surface area contributed by atoms with E-state index in [-0.39, 0.29) is 11.1 Å². The summed E-state index contributed by atoms with van der Waals surface area (Å²) in [7, 11) is 1.80. The Morgan fingerprint density at radius 1 is 1.07 bits per heavy atom. The zero-order valence-electron chi connectivity index (χ0n) is 17.1. The van der Waals surface area contributed by atoms with E-state index >= 15 is 0 Å². The van der Waals surface area contributed by atoms with Gasteiger partial charge in [0, 0.05) is 0 Å². The summed E-state index contributed by atoms with van der Waals surface area (Å²) in [5.41, 5.74) is 14.3. The summed E-state index contributed by atoms with van der Waals surface area (Å²) in [6.45, 7) is 2.05. The van der Waals surface area contributed by atoms with Gasteiger partial charge in [0.05, 0.1) is 23.6 Å². The second kappa shape index (κ2) is 8.54. The van der Waals surface area contributed by atoms with Gasteiger partial charge >= 0.3 is 11.9 Å². The first kappa shape index (κ1) is 21.3. The largest absolute Gasteiger partial charge is 0.478 e. The number of nitrogens with one attached hydrogen (secondary N) is 1. The minimum Gasteiger partial charge on any atom is -0.478 e. The number of nitrogens with two attached hydrogens (primary N) is 2. The quantitative estimate of drug-likeness (QED) is 0.201. The Morgan fingerprint density at radius 3 is 1.97 bits per heavy atom. The summed E-state index contributed by atoms with van der Waals surface area (Å²) in [6, 6.07) is 10.2. The van der Waals surface area contributed by atoms with Crippen LogP contribution in [0.1, 0.15) is 62.7 Å². The Balaban J connectivity index is 2.35. The Labute approximate surface area is 174 Å². The van der Waals surface area contributed by atoms with Crippen LogP contribution in [0, 0.1) is 0 Å². The van der Waals surface area contributed by atoms with Gasteiger partial charge in [0.25, 0.3) is 0 Å². The number of hydrogen-bond acceptors (Lipinski definition) is 4. The highest BCUT2D eigenvalue weighted by Gasteiger charge is 2.43. The van der Waals surface area contributed by atoms with Crippen LogP contribution in [0.25, 0.3) is 0 Å². The van der Waals surface area contributed by atoms with Crippen molar-refractivity contribution >= 4 is 17.8 Å². The predicted octanol–water partition coefficient (Wildman–Crippen LogP) is 1.24. The van der Waals surface area contributed by atoms with E-state index in [4.69, 9.17) is 5.73 Å². The number of benzene rings is 2. The topological polar surface area (TPSA) is 142 Å². The predicted molar refractivity (Wildman–Crippen MR) is 113 cm³/mol. The van der Waals surface area contributed by atoms with E-state index in [1.807, 2.05) is 12.1 Å². The van der Waals surface area contributed by atoms with Gasteiger partial charge in [-0.25, -0.2) is 15.0 Å². The highest BCUT2D eigenvalue weighted by molar-refractivity contribution is 5.97. The molecule has 0 unspecified atom stereocenters. The fourth-order valence-electron chi connectivity index (χ4n) is 4.39. The molecule has 0 bridgehead atoms. The molecule has 0 amide bonds. The Kier molecular flexibility index (Phi) is 6.07. The van der Waals surface area contributed by atoms with Crippen molar-refractivity contribution in [3.63, 3.8) is 0 Å². The number of amidine groups is 1. The van der Waals surface area contributed by atoms with Gasteiger partial charge in [0.15, 0.2) is 0 Å². The molecule has 3 rings (SSSR count). The molecule has 0 fully saturated rings. The lowest BCUT2D eigenvalue weighted by molar-refractivity contribution is -0.686. The molecule has 2 aromatic carbocycles. The molecule has 0 saturated heterocycles. The first-order valence-electron chi connectivity index (χ1n) is 9.95. The van der Waals surface area contributed by atoms with Gasteiger partial charge < -0.3 is 15.9 Å². The van der Waals surface area contributed by atoms with Crippen LogP contribution in [0.2, 0.25) is 0 Å². The van der Waals surface area contributed by atoms with Gasteiger partial charge in [-0.05, 0) is 65.8 Å². The van der Waals surface area contributed by atoms with Crippen molar-refractivity contribution in [1.29, 1.82) is 0 Å². The van der Waals surface area contributed by atoms with Crippen LogP contribution >= 0.6 is 0 Å². The lowest BCUT2D eigenvalue weighted by Gasteiger charge is -2.35. The summed E-state index contributed by atoms with van der Waals surface area (Å²) >= 11 is 0. The molecule has 0 aliphatic heterocycles. The van der Waals surface area contributed by atoms with Crippen LogP contribution in [0.4, 0.5) is 0 Å². The highest BCUT2D eigenvalue weighted by Crippen LogP contribution is 2.44. The lowest BCUT2D eigenvalue weighted by atomic mass is 9.68. The van der Waals surface area contributed by atoms with Gasteiger partial charge in [-0.15, -0.1) is 5.10 Å². The summed E-state index contributed by atoms with van der Waals surface area (Å²) in [5.74, 6) is -1.62. The van der Waals surface area contributed by atoms with Crippen molar-refractivity contribution in [2.24, 2.45) is 10.8 Å². The molecule has 0 aromatic heterocycles. The fourth-order valence-corrected chi connectivity index (χ4v) is 4.39. The third-order valence-electron chi connectivity index (χ3n) is 5.66. The van der Waals surface area contributed by atoms with Crippen molar-refractivity contribution in [1.82, 2.24) is 5.53 Å². The van der Waals surface area contributed by atoms with Crippen molar-refractivity contribution in [2.45, 2.75) is 38.0 Å². The van der Waals surface area contributed by atoms with Gasteiger partial charge in [0.2, 0.25) is 0 Å². The number of hydrogen-bond donors (Lipinski definition) is 5. The molecular weight excluding hydrogens is 384 g/mol. The number of carboxylic acids is 2. The van der Waals surface area contributed by atoms with Crippen molar-refractivity contribution in [3.8, 4) is 0 Å². The van der Waals surface area contributed by atoms with E-state index in [1.165, 1.54) is 0 Å². The Bertz CT molecular complexity index is 951. The SMILES string of the molecule is CCCC1(C(N)=NN[NH2+]C)c2ccc(C(=O)O)cc2CCc2cc(C(=O)O)ccc21. The second-order valence-electron chi connectivity index (χ2n) is 7.42. The molecule has 0 saturated carbocycles. The van der Waals surface area contributed by atoms with Crippen LogP contribution in [0.15, 0.2) is 41.5 Å². The molecule has 8 heteroatoms. The number of carboxylic acid groups (broad SMARTS) is 2. The van der Waals surface area contributed by atoms with E-state index < -0.39 is 17.4 Å². The zero-order chi connectivity index (χ0) is 21.9. The number of hydrazone groups is 1. The molecule has 8 nitrogen and oxygen atoms in total. The normalized spacial score (nSPS) is 14.9. The average Bonchev–Trinajstić information content (AvgIpc) is 2.87. The molecule has 30 heavy (non-hydrogen) atoms. The van der Waals surface area contributed by atoms with Crippen LogP contribution in [0.5, 0.6) is 0 Å². The fraction of sp³-hybridized carbons (Fsp3) is 0.318. The molecule has 0 heterocycles. The average molecular weight is 411 g/mol. The number of fused-ring (bicyclic) bond motifs is 2. The van der Waals surface area contributed by atoms with E-state index in [2.05, 4.69) is 17.6 Å². The van der Waals surface area contributed by atoms with E-state index in [9.17, 15) is 19.8 Å². The number of nitrogens with zero attached hydrogens (tertiary/aromatic N) is 1. The maximum atomic E-state index is 11.5. The van der Waals surface area contributed by atoms with Crippen molar-refractivity contribution in [2.75, 3.05) is 7.05 Å². The Morgan fingerprint density at radius 2 is 1.57 bits per heavy atom. The van der Waals surface area contributed by atoms with Crippen molar-refractivity contribution in [3.05, 3.63) is 69.8 Å². The lowest BCUT2D eigenvalue weighted by Crippen LogP contribution is -2.88. The van der Waals surface area contributed by atoms with Gasteiger partial charge in [-0.2, -0.15) is 5.53 Å². The van der Waals surface area contributed by atoms with Crippen LogP contribution in [-0.2, 0) is 18.3 Å². The summed E-state index contributed by atoms with van der Waals surface area (Å²) in [5, 5.41) is 23.3. The van der Waals surface area contributed by atoms with Gasteiger partial charge in [-0.1, -0.05) is 25.5 Å². The number of carbonyl (C=O) groups is 2. The summed E-state index contributed by atoms with van der Waals surface area (Å²) in [4.78, 5) is 23.1. The number of aryl methyl sites for hydroxylation is 2. The maximum Gasteiger partial charge on any atom is 0.335 e. The van der Waals surface area contributed by atoms with Gasteiger partial charge in [-0.3, -0.25) is 0 Å². The molecule has 0 radical (unpaired) electrons. The van der Waals surface area contributed by atoms with Gasteiger partial charge in [0.1, 0.15) is 5.84 Å². The third kappa shape index (κ3) is 3.61. The summed E-state index contributed by atoms with van der Waals surface area (Å²) < 4.78 is 0. The standard InChI is InChI=1S/C22H26N4O4/c1-3-10-22(21(23)25-26-24-2)17-8-6-15(19(27)28)11-13(17)4-5-14-12-16(20(29)30)7-9-18(14)22/h6-9,11-12,24,26H,3-5,10H2,1-2H3,(H2,23,25)(H,27,28)(H,29,30)/p+1. The number of aromatic carboxylic acids is 2. The molecule has 1 aliphatic carbocycles. The first-order chi connectivity index (χ1) is 14.3. The Hall–Kier alpha value is -3.39. The van der Waals surface area contributed by atoms with Crippen LogP contribution in [-0.4, -0.2) is 35.0 Å². The minimum absolute atomic E-state index is 0.215. The molecule has 0 atom stereocenters. The second-order valence-corrected chi connectivity index (χ2v) is 7.42. The first-order valence-corrected chi connectivity index (χ1v) is 9.95. The van der Waals surface area contributed by atoms with Crippen LogP contribution < -0.4 is 16.7 Å². The summed E-state index contributed by atoms with van der Waals surface area (Å²) in [6.07, 6.45) is 2.61. The number of rotatable bonds is 7. The molecule has 0 spiro atoms. The molecule has 158 valence electrons. The smallest absolute Gasteiger partial charge is 0.335 e. The maximum absolute atomic E-state index is 11.5. The zero-order valence-corrected chi connectivity index (χ0v) is 17.1. The van der Waals surface area contributed by atoms with Crippen molar-refractivity contribution < 1.29 is 25.2 Å². The monoisotopic (exact) mass is 411 g/mol. The molecule has 2 aromatic rings. The number of quaternary nitrogens is 1.